The van der Waals surface area contributed by atoms with Crippen molar-refractivity contribution in [3.63, 3.8) is 0 Å². The molecule has 0 N–H and O–H groups in total. The van der Waals surface area contributed by atoms with Gasteiger partial charge in [-0.3, -0.25) is 9.69 Å². The smallest absolute Gasteiger partial charge is 0.350 e. The molecule has 3 aromatic rings. The molecule has 0 bridgehead atoms. The average molecular weight is 432 g/mol. The number of thiophene rings is 1. The van der Waals surface area contributed by atoms with Crippen LogP contribution in [0.25, 0.3) is 11.5 Å². The number of thiazole rings is 1. The van der Waals surface area contributed by atoms with E-state index in [-0.39, 0.29) is 18.4 Å². The highest BCUT2D eigenvalue weighted by Gasteiger charge is 2.37. The third-order valence-corrected chi connectivity index (χ3v) is 6.43. The SMILES string of the molecule is CCOC(=O)c1sc(N(C(=O)Cc2nc(-c3ccsc3)oc2C)C2CC2)nc1C. The van der Waals surface area contributed by atoms with Crippen LogP contribution in [0, 0.1) is 13.8 Å². The van der Waals surface area contributed by atoms with Crippen LogP contribution in [0.1, 0.15) is 46.6 Å². The monoisotopic (exact) mass is 431 g/mol. The topological polar surface area (TPSA) is 85.5 Å². The molecule has 0 radical (unpaired) electrons. The predicted molar refractivity (Wildman–Crippen MR) is 112 cm³/mol. The largest absolute Gasteiger partial charge is 0.462 e. The molecule has 1 aliphatic carbocycles. The van der Waals surface area contributed by atoms with Crippen molar-refractivity contribution in [3.05, 3.63) is 38.9 Å². The molecule has 3 heterocycles. The maximum atomic E-state index is 13.2. The molecule has 1 amide bonds. The summed E-state index contributed by atoms with van der Waals surface area (Å²) in [5.74, 6) is 0.673. The number of hydrogen-bond donors (Lipinski definition) is 0. The quantitative estimate of drug-likeness (QED) is 0.516. The number of nitrogens with zero attached hydrogens (tertiary/aromatic N) is 3. The van der Waals surface area contributed by atoms with E-state index in [9.17, 15) is 9.59 Å². The van der Waals surface area contributed by atoms with Crippen molar-refractivity contribution in [2.45, 2.75) is 46.1 Å². The van der Waals surface area contributed by atoms with Gasteiger partial charge in [0, 0.05) is 17.0 Å². The lowest BCUT2D eigenvalue weighted by Gasteiger charge is -2.18. The lowest BCUT2D eigenvalue weighted by molar-refractivity contribution is -0.118. The molecule has 1 saturated carbocycles. The first-order valence-corrected chi connectivity index (χ1v) is 11.2. The Morgan fingerprint density at radius 3 is 2.76 bits per heavy atom. The van der Waals surface area contributed by atoms with Gasteiger partial charge in [0.15, 0.2) is 5.13 Å². The molecule has 1 fully saturated rings. The molecular formula is C20H21N3O4S2. The van der Waals surface area contributed by atoms with Gasteiger partial charge in [0.25, 0.3) is 0 Å². The Hall–Kier alpha value is -2.52. The standard InChI is InChI=1S/C20H21N3O4S2/c1-4-26-19(25)17-11(2)21-20(29-17)23(14-5-6-14)16(24)9-15-12(3)27-18(22-15)13-7-8-28-10-13/h7-8,10,14H,4-6,9H2,1-3H3. The number of oxazole rings is 1. The number of hydrogen-bond acceptors (Lipinski definition) is 8. The van der Waals surface area contributed by atoms with Gasteiger partial charge in [-0.1, -0.05) is 11.3 Å². The molecule has 1 aliphatic rings. The van der Waals surface area contributed by atoms with E-state index >= 15 is 0 Å². The molecule has 0 spiro atoms. The summed E-state index contributed by atoms with van der Waals surface area (Å²) in [5.41, 5.74) is 2.12. The maximum absolute atomic E-state index is 13.2. The first-order valence-electron chi connectivity index (χ1n) is 9.43. The van der Waals surface area contributed by atoms with E-state index < -0.39 is 5.97 Å². The lowest BCUT2D eigenvalue weighted by atomic mass is 10.2. The molecule has 7 nitrogen and oxygen atoms in total. The molecule has 152 valence electrons. The van der Waals surface area contributed by atoms with Gasteiger partial charge in [0.05, 0.1) is 24.4 Å². The second-order valence-corrected chi connectivity index (χ2v) is 8.59. The number of ether oxygens (including phenoxy) is 1. The number of rotatable bonds is 7. The average Bonchev–Trinajstić information content (AvgIpc) is 3.05. The van der Waals surface area contributed by atoms with Crippen LogP contribution < -0.4 is 4.90 Å². The normalized spacial score (nSPS) is 13.5. The van der Waals surface area contributed by atoms with Crippen molar-refractivity contribution in [1.29, 1.82) is 0 Å². The second-order valence-electron chi connectivity index (χ2n) is 6.84. The highest BCUT2D eigenvalue weighted by molar-refractivity contribution is 7.17. The molecule has 4 rings (SSSR count). The molecule has 0 unspecified atom stereocenters. The highest BCUT2D eigenvalue weighted by atomic mass is 32.1. The van der Waals surface area contributed by atoms with Crippen LogP contribution in [-0.2, 0) is 16.0 Å². The van der Waals surface area contributed by atoms with Gasteiger partial charge in [0.1, 0.15) is 10.6 Å². The summed E-state index contributed by atoms with van der Waals surface area (Å²) >= 11 is 2.77. The predicted octanol–water partition coefficient (Wildman–Crippen LogP) is 4.39. The van der Waals surface area contributed by atoms with E-state index in [0.29, 0.717) is 39.7 Å². The van der Waals surface area contributed by atoms with Gasteiger partial charge in [0.2, 0.25) is 11.8 Å². The molecule has 0 saturated heterocycles. The van der Waals surface area contributed by atoms with Gasteiger partial charge in [-0.25, -0.2) is 14.8 Å². The summed E-state index contributed by atoms with van der Waals surface area (Å²) in [6.45, 7) is 5.64. The first-order chi connectivity index (χ1) is 14.0. The van der Waals surface area contributed by atoms with Gasteiger partial charge in [-0.05, 0) is 45.1 Å². The molecule has 0 aromatic carbocycles. The number of amides is 1. The number of esters is 1. The Kier molecular flexibility index (Phi) is 5.51. The summed E-state index contributed by atoms with van der Waals surface area (Å²) in [4.78, 5) is 36.4. The third kappa shape index (κ3) is 4.11. The Morgan fingerprint density at radius 2 is 2.10 bits per heavy atom. The molecule has 0 atom stereocenters. The zero-order valence-electron chi connectivity index (χ0n) is 16.4. The van der Waals surface area contributed by atoms with Crippen LogP contribution in [0.4, 0.5) is 5.13 Å². The van der Waals surface area contributed by atoms with Crippen molar-refractivity contribution in [1.82, 2.24) is 9.97 Å². The van der Waals surface area contributed by atoms with Crippen molar-refractivity contribution < 1.29 is 18.7 Å². The van der Waals surface area contributed by atoms with Crippen LogP contribution in [0.3, 0.4) is 0 Å². The number of anilines is 1. The van der Waals surface area contributed by atoms with E-state index in [0.717, 1.165) is 18.4 Å². The Bertz CT molecular complexity index is 1030. The summed E-state index contributed by atoms with van der Waals surface area (Å²) in [7, 11) is 0. The van der Waals surface area contributed by atoms with E-state index in [2.05, 4.69) is 9.97 Å². The molecule has 0 aliphatic heterocycles. The van der Waals surface area contributed by atoms with E-state index in [1.165, 1.54) is 11.3 Å². The minimum absolute atomic E-state index is 0.0927. The maximum Gasteiger partial charge on any atom is 0.350 e. The Labute approximate surface area is 176 Å². The number of carbonyl (C=O) groups excluding carboxylic acids is 2. The van der Waals surface area contributed by atoms with Crippen molar-refractivity contribution in [3.8, 4) is 11.5 Å². The molecule has 9 heteroatoms. The van der Waals surface area contributed by atoms with Gasteiger partial charge < -0.3 is 9.15 Å². The fraction of sp³-hybridized carbons (Fsp3) is 0.400. The van der Waals surface area contributed by atoms with Crippen molar-refractivity contribution in [2.75, 3.05) is 11.5 Å². The number of aromatic nitrogens is 2. The van der Waals surface area contributed by atoms with Gasteiger partial charge >= 0.3 is 5.97 Å². The van der Waals surface area contributed by atoms with Crippen LogP contribution in [0.5, 0.6) is 0 Å². The Morgan fingerprint density at radius 1 is 1.31 bits per heavy atom. The zero-order chi connectivity index (χ0) is 20.5. The second kappa shape index (κ2) is 8.08. The van der Waals surface area contributed by atoms with E-state index in [1.807, 2.05) is 23.8 Å². The molecular weight excluding hydrogens is 410 g/mol. The molecule has 3 aromatic heterocycles. The van der Waals surface area contributed by atoms with E-state index in [1.54, 1.807) is 30.1 Å². The summed E-state index contributed by atoms with van der Waals surface area (Å²) < 4.78 is 10.8. The van der Waals surface area contributed by atoms with Crippen molar-refractivity contribution in [2.24, 2.45) is 0 Å². The first kappa shape index (κ1) is 19.8. The van der Waals surface area contributed by atoms with Crippen LogP contribution in [0.2, 0.25) is 0 Å². The van der Waals surface area contributed by atoms with Gasteiger partial charge in [-0.15, -0.1) is 0 Å². The third-order valence-electron chi connectivity index (χ3n) is 4.61. The fourth-order valence-corrected chi connectivity index (χ4v) is 4.68. The minimum atomic E-state index is -0.398. The summed E-state index contributed by atoms with van der Waals surface area (Å²) in [5, 5.41) is 4.46. The summed E-state index contributed by atoms with van der Waals surface area (Å²) in [6.07, 6.45) is 1.98. The van der Waals surface area contributed by atoms with Crippen LogP contribution >= 0.6 is 22.7 Å². The Balaban J connectivity index is 1.57. The number of aryl methyl sites for hydroxylation is 2. The minimum Gasteiger partial charge on any atom is -0.462 e. The van der Waals surface area contributed by atoms with Gasteiger partial charge in [-0.2, -0.15) is 11.3 Å². The van der Waals surface area contributed by atoms with Crippen LogP contribution in [0.15, 0.2) is 21.2 Å². The number of carbonyl (C=O) groups is 2. The fourth-order valence-electron chi connectivity index (χ4n) is 3.00. The molecule has 29 heavy (non-hydrogen) atoms. The lowest BCUT2D eigenvalue weighted by Crippen LogP contribution is -2.34. The van der Waals surface area contributed by atoms with E-state index in [4.69, 9.17) is 9.15 Å². The van der Waals surface area contributed by atoms with Crippen molar-refractivity contribution >= 4 is 39.7 Å². The summed E-state index contributed by atoms with van der Waals surface area (Å²) in [6, 6.07) is 2.06. The van der Waals surface area contributed by atoms with Crippen LogP contribution in [-0.4, -0.2) is 34.5 Å². The highest BCUT2D eigenvalue weighted by Crippen LogP contribution is 2.36. The zero-order valence-corrected chi connectivity index (χ0v) is 18.1.